The molecule has 1 aromatic heterocycles. The average molecular weight is 257 g/mol. The van der Waals surface area contributed by atoms with Crippen molar-refractivity contribution in [1.29, 1.82) is 0 Å². The lowest BCUT2D eigenvalue weighted by Gasteiger charge is -2.21. The second-order valence-corrected chi connectivity index (χ2v) is 4.58. The number of aryl methyl sites for hydroxylation is 1. The van der Waals surface area contributed by atoms with Crippen molar-refractivity contribution >= 4 is 28.7 Å². The van der Waals surface area contributed by atoms with Crippen molar-refractivity contribution in [3.8, 4) is 0 Å². The van der Waals surface area contributed by atoms with Crippen LogP contribution in [0.1, 0.15) is 11.1 Å². The van der Waals surface area contributed by atoms with Gasteiger partial charge in [0.05, 0.1) is 5.56 Å². The molecule has 0 saturated heterocycles. The van der Waals surface area contributed by atoms with E-state index in [1.54, 1.807) is 6.20 Å². The maximum Gasteiger partial charge on any atom is 0.142 e. The summed E-state index contributed by atoms with van der Waals surface area (Å²) in [5.41, 5.74) is 8.78. The summed E-state index contributed by atoms with van der Waals surface area (Å²) in [6.45, 7) is 2.06. The predicted octanol–water partition coefficient (Wildman–Crippen LogP) is 2.79. The maximum atomic E-state index is 5.73. The lowest BCUT2D eigenvalue weighted by Crippen LogP contribution is -2.19. The third-order valence-corrected chi connectivity index (χ3v) is 2.98. The molecule has 0 fully saturated rings. The van der Waals surface area contributed by atoms with Gasteiger partial charge >= 0.3 is 0 Å². The van der Waals surface area contributed by atoms with Crippen molar-refractivity contribution in [3.05, 3.63) is 53.7 Å². The SMILES string of the molecule is Cc1cccc(N(C)c2ncccc2C(N)=S)c1. The highest BCUT2D eigenvalue weighted by atomic mass is 32.1. The standard InChI is InChI=1S/C14H15N3S/c1-10-5-3-6-11(9-10)17(2)14-12(13(15)18)7-4-8-16-14/h3-9H,1-2H3,(H2,15,18). The summed E-state index contributed by atoms with van der Waals surface area (Å²) in [5, 5.41) is 0. The molecule has 0 bridgehead atoms. The molecule has 0 unspecified atom stereocenters. The van der Waals surface area contributed by atoms with E-state index in [-0.39, 0.29) is 0 Å². The van der Waals surface area contributed by atoms with Gasteiger partial charge < -0.3 is 10.6 Å². The molecular weight excluding hydrogens is 242 g/mol. The molecule has 0 atom stereocenters. The van der Waals surface area contributed by atoms with Gasteiger partial charge in [-0.1, -0.05) is 24.4 Å². The third kappa shape index (κ3) is 2.49. The Kier molecular flexibility index (Phi) is 3.58. The molecule has 0 aliphatic rings. The summed E-state index contributed by atoms with van der Waals surface area (Å²) in [7, 11) is 1.96. The number of rotatable bonds is 3. The largest absolute Gasteiger partial charge is 0.389 e. The van der Waals surface area contributed by atoms with Crippen molar-refractivity contribution in [3.63, 3.8) is 0 Å². The minimum atomic E-state index is 0.359. The quantitative estimate of drug-likeness (QED) is 0.859. The van der Waals surface area contributed by atoms with E-state index < -0.39 is 0 Å². The lowest BCUT2D eigenvalue weighted by atomic mass is 10.2. The van der Waals surface area contributed by atoms with E-state index in [4.69, 9.17) is 18.0 Å². The fraction of sp³-hybridized carbons (Fsp3) is 0.143. The lowest BCUT2D eigenvalue weighted by molar-refractivity contribution is 1.12. The fourth-order valence-corrected chi connectivity index (χ4v) is 1.97. The molecule has 0 amide bonds. The number of hydrogen-bond donors (Lipinski definition) is 1. The van der Waals surface area contributed by atoms with Crippen molar-refractivity contribution in [2.45, 2.75) is 6.92 Å². The highest BCUT2D eigenvalue weighted by Crippen LogP contribution is 2.25. The summed E-state index contributed by atoms with van der Waals surface area (Å²) >= 11 is 5.06. The van der Waals surface area contributed by atoms with Crippen LogP contribution in [0.5, 0.6) is 0 Å². The summed E-state index contributed by atoms with van der Waals surface area (Å²) in [5.74, 6) is 0.774. The Labute approximate surface area is 112 Å². The Morgan fingerprint density at radius 2 is 2.06 bits per heavy atom. The Morgan fingerprint density at radius 3 is 2.72 bits per heavy atom. The second-order valence-electron chi connectivity index (χ2n) is 4.14. The van der Waals surface area contributed by atoms with Gasteiger partial charge in [-0.05, 0) is 36.8 Å². The molecule has 92 valence electrons. The van der Waals surface area contributed by atoms with Crippen LogP contribution in [-0.2, 0) is 0 Å². The zero-order valence-corrected chi connectivity index (χ0v) is 11.2. The number of thiocarbonyl (C=S) groups is 1. The van der Waals surface area contributed by atoms with E-state index in [1.165, 1.54) is 5.56 Å². The van der Waals surface area contributed by atoms with Crippen LogP contribution < -0.4 is 10.6 Å². The topological polar surface area (TPSA) is 42.2 Å². The summed E-state index contributed by atoms with van der Waals surface area (Å²) < 4.78 is 0. The minimum absolute atomic E-state index is 0.359. The van der Waals surface area contributed by atoms with Gasteiger partial charge in [0.1, 0.15) is 10.8 Å². The molecule has 2 rings (SSSR count). The van der Waals surface area contributed by atoms with E-state index in [9.17, 15) is 0 Å². The van der Waals surface area contributed by atoms with Crippen molar-refractivity contribution < 1.29 is 0 Å². The van der Waals surface area contributed by atoms with Crippen LogP contribution in [0.15, 0.2) is 42.6 Å². The van der Waals surface area contributed by atoms with E-state index in [2.05, 4.69) is 24.0 Å². The Bertz CT molecular complexity index is 581. The molecule has 0 radical (unpaired) electrons. The molecule has 4 heteroatoms. The minimum Gasteiger partial charge on any atom is -0.389 e. The molecule has 3 nitrogen and oxygen atoms in total. The first-order chi connectivity index (χ1) is 8.59. The highest BCUT2D eigenvalue weighted by molar-refractivity contribution is 7.80. The number of aromatic nitrogens is 1. The third-order valence-electron chi connectivity index (χ3n) is 2.76. The van der Waals surface area contributed by atoms with Crippen molar-refractivity contribution in [1.82, 2.24) is 4.98 Å². The Hall–Kier alpha value is -1.94. The van der Waals surface area contributed by atoms with Crippen molar-refractivity contribution in [2.75, 3.05) is 11.9 Å². The number of nitrogens with zero attached hydrogens (tertiary/aromatic N) is 2. The Balaban J connectivity index is 2.46. The predicted molar refractivity (Wildman–Crippen MR) is 79.4 cm³/mol. The summed E-state index contributed by atoms with van der Waals surface area (Å²) in [6, 6.07) is 11.9. The van der Waals surface area contributed by atoms with Crippen LogP contribution in [0.3, 0.4) is 0 Å². The van der Waals surface area contributed by atoms with E-state index in [0.29, 0.717) is 4.99 Å². The maximum absolute atomic E-state index is 5.73. The van der Waals surface area contributed by atoms with Gasteiger partial charge in [-0.25, -0.2) is 4.98 Å². The van der Waals surface area contributed by atoms with E-state index in [1.807, 2.05) is 36.2 Å². The summed E-state index contributed by atoms with van der Waals surface area (Å²) in [6.07, 6.45) is 1.74. The molecule has 2 aromatic rings. The number of anilines is 2. The number of benzene rings is 1. The summed E-state index contributed by atoms with van der Waals surface area (Å²) in [4.78, 5) is 6.71. The highest BCUT2D eigenvalue weighted by Gasteiger charge is 2.12. The van der Waals surface area contributed by atoms with E-state index in [0.717, 1.165) is 17.1 Å². The zero-order chi connectivity index (χ0) is 13.1. The van der Waals surface area contributed by atoms with Gasteiger partial charge in [-0.3, -0.25) is 0 Å². The first kappa shape index (κ1) is 12.5. The number of nitrogens with two attached hydrogens (primary N) is 1. The Morgan fingerprint density at radius 1 is 1.28 bits per heavy atom. The monoisotopic (exact) mass is 257 g/mol. The molecule has 2 N–H and O–H groups in total. The van der Waals surface area contributed by atoms with Gasteiger partial charge in [0.25, 0.3) is 0 Å². The smallest absolute Gasteiger partial charge is 0.142 e. The van der Waals surface area contributed by atoms with Crippen LogP contribution in [0.2, 0.25) is 0 Å². The molecule has 1 heterocycles. The van der Waals surface area contributed by atoms with Gasteiger partial charge in [0, 0.05) is 18.9 Å². The molecule has 0 aliphatic carbocycles. The van der Waals surface area contributed by atoms with Gasteiger partial charge in [-0.15, -0.1) is 0 Å². The van der Waals surface area contributed by atoms with Crippen LogP contribution in [0.25, 0.3) is 0 Å². The van der Waals surface area contributed by atoms with Gasteiger partial charge in [0.2, 0.25) is 0 Å². The van der Waals surface area contributed by atoms with Gasteiger partial charge in [0.15, 0.2) is 0 Å². The molecule has 1 aromatic carbocycles. The number of pyridine rings is 1. The first-order valence-corrected chi connectivity index (χ1v) is 6.05. The average Bonchev–Trinajstić information content (AvgIpc) is 2.38. The van der Waals surface area contributed by atoms with Crippen LogP contribution in [0, 0.1) is 6.92 Å². The van der Waals surface area contributed by atoms with Crippen LogP contribution in [0.4, 0.5) is 11.5 Å². The molecule has 0 aliphatic heterocycles. The second kappa shape index (κ2) is 5.14. The fourth-order valence-electron chi connectivity index (χ4n) is 1.82. The van der Waals surface area contributed by atoms with E-state index >= 15 is 0 Å². The normalized spacial score (nSPS) is 10.1. The zero-order valence-electron chi connectivity index (χ0n) is 10.4. The number of hydrogen-bond acceptors (Lipinski definition) is 3. The van der Waals surface area contributed by atoms with Crippen molar-refractivity contribution in [2.24, 2.45) is 5.73 Å². The van der Waals surface area contributed by atoms with Crippen LogP contribution in [-0.4, -0.2) is 17.0 Å². The first-order valence-electron chi connectivity index (χ1n) is 5.65. The van der Waals surface area contributed by atoms with Crippen LogP contribution >= 0.6 is 12.2 Å². The van der Waals surface area contributed by atoms with Gasteiger partial charge in [-0.2, -0.15) is 0 Å². The molecule has 0 spiro atoms. The molecule has 0 saturated carbocycles. The molecule has 18 heavy (non-hydrogen) atoms. The molecular formula is C14H15N3S.